The van der Waals surface area contributed by atoms with E-state index in [9.17, 15) is 9.59 Å². The number of hydrogen-bond acceptors (Lipinski definition) is 8. The highest BCUT2D eigenvalue weighted by atomic mass is 32.1. The van der Waals surface area contributed by atoms with Crippen LogP contribution in [0.15, 0.2) is 42.5 Å². The zero-order valence-electron chi connectivity index (χ0n) is 19.5. The van der Waals surface area contributed by atoms with E-state index in [1.165, 1.54) is 6.92 Å². The number of benzene rings is 2. The molecule has 2 aromatic carbocycles. The molecule has 0 spiro atoms. The first kappa shape index (κ1) is 24.7. The number of rotatable bonds is 7. The van der Waals surface area contributed by atoms with E-state index in [0.29, 0.717) is 40.2 Å². The maximum Gasteiger partial charge on any atom is 0.412 e. The number of ether oxygens (including phenoxy) is 5. The van der Waals surface area contributed by atoms with Crippen molar-refractivity contribution in [2.75, 3.05) is 38.1 Å². The highest BCUT2D eigenvalue weighted by Gasteiger charge is 2.49. The molecule has 2 aromatic rings. The second-order valence-corrected chi connectivity index (χ2v) is 8.51. The minimum absolute atomic E-state index is 0.0484. The van der Waals surface area contributed by atoms with Crippen molar-refractivity contribution in [1.29, 1.82) is 0 Å². The van der Waals surface area contributed by atoms with Gasteiger partial charge in [0.2, 0.25) is 0 Å². The Labute approximate surface area is 208 Å². The Kier molecular flexibility index (Phi) is 7.69. The molecule has 4 atom stereocenters. The summed E-state index contributed by atoms with van der Waals surface area (Å²) in [5.74, 6) is 1.21. The number of anilines is 2. The van der Waals surface area contributed by atoms with Crippen LogP contribution in [0.3, 0.4) is 0 Å². The van der Waals surface area contributed by atoms with Crippen molar-refractivity contribution in [3.8, 4) is 11.5 Å². The standard InChI is InChI=1S/C24H27N3O7S/c1-13(28)14-4-6-15(7-5-14)26-24(29)34-20-12-33-21-19(11-32-22(20)21)27-23(35)25-16-8-17(30-2)10-18(9-16)31-3/h4-10,19-22H,11-12H2,1-3H3,(H,26,29)(H2,25,27,35)/t19-,20-,21-,22+/m0/s1. The summed E-state index contributed by atoms with van der Waals surface area (Å²) in [5.41, 5.74) is 1.79. The molecule has 10 nitrogen and oxygen atoms in total. The van der Waals surface area contributed by atoms with E-state index in [0.717, 1.165) is 0 Å². The van der Waals surface area contributed by atoms with Gasteiger partial charge in [-0.05, 0) is 43.4 Å². The van der Waals surface area contributed by atoms with Gasteiger partial charge in [-0.25, -0.2) is 4.79 Å². The lowest BCUT2D eigenvalue weighted by molar-refractivity contribution is 0.00880. The highest BCUT2D eigenvalue weighted by molar-refractivity contribution is 7.80. The van der Waals surface area contributed by atoms with Crippen LogP contribution in [0.2, 0.25) is 0 Å². The Morgan fingerprint density at radius 1 is 0.914 bits per heavy atom. The van der Waals surface area contributed by atoms with Crippen LogP contribution >= 0.6 is 12.2 Å². The average Bonchev–Trinajstić information content (AvgIpc) is 3.42. The van der Waals surface area contributed by atoms with Crippen LogP contribution in [-0.2, 0) is 14.2 Å². The van der Waals surface area contributed by atoms with Crippen LogP contribution in [0.5, 0.6) is 11.5 Å². The molecule has 11 heteroatoms. The molecule has 2 aliphatic rings. The fourth-order valence-corrected chi connectivity index (χ4v) is 4.25. The van der Waals surface area contributed by atoms with Crippen LogP contribution in [0.4, 0.5) is 16.2 Å². The maximum atomic E-state index is 12.4. The van der Waals surface area contributed by atoms with Crippen molar-refractivity contribution < 1.29 is 33.3 Å². The molecule has 0 radical (unpaired) electrons. The van der Waals surface area contributed by atoms with Gasteiger partial charge in [0.25, 0.3) is 0 Å². The fourth-order valence-electron chi connectivity index (χ4n) is 3.98. The molecule has 3 N–H and O–H groups in total. The molecule has 2 fully saturated rings. The Balaban J connectivity index is 1.28. The van der Waals surface area contributed by atoms with Gasteiger partial charge < -0.3 is 34.3 Å². The van der Waals surface area contributed by atoms with Crippen molar-refractivity contribution >= 4 is 40.6 Å². The van der Waals surface area contributed by atoms with Gasteiger partial charge in [0.05, 0.1) is 33.5 Å². The summed E-state index contributed by atoms with van der Waals surface area (Å²) in [5, 5.41) is 9.36. The molecule has 4 rings (SSSR count). The van der Waals surface area contributed by atoms with E-state index in [2.05, 4.69) is 16.0 Å². The monoisotopic (exact) mass is 501 g/mol. The number of methoxy groups -OCH3 is 2. The van der Waals surface area contributed by atoms with Gasteiger partial charge in [0.1, 0.15) is 23.7 Å². The highest BCUT2D eigenvalue weighted by Crippen LogP contribution is 2.30. The molecule has 0 bridgehead atoms. The van der Waals surface area contributed by atoms with E-state index in [1.54, 1.807) is 56.7 Å². The van der Waals surface area contributed by atoms with E-state index in [4.69, 9.17) is 35.9 Å². The zero-order chi connectivity index (χ0) is 24.9. The van der Waals surface area contributed by atoms with Crippen molar-refractivity contribution in [3.63, 3.8) is 0 Å². The second-order valence-electron chi connectivity index (χ2n) is 8.10. The largest absolute Gasteiger partial charge is 0.497 e. The summed E-state index contributed by atoms with van der Waals surface area (Å²) in [6.45, 7) is 2.03. The van der Waals surface area contributed by atoms with Crippen LogP contribution in [-0.4, -0.2) is 68.8 Å². The number of hydrogen-bond donors (Lipinski definition) is 3. The molecule has 0 unspecified atom stereocenters. The summed E-state index contributed by atoms with van der Waals surface area (Å²) >= 11 is 5.46. The SMILES string of the molecule is COc1cc(NC(=S)N[C@H]2CO[C@H]3[C@H]2OC[C@@H]3OC(=O)Nc2ccc(C(C)=O)cc2)cc(OC)c1. The Morgan fingerprint density at radius 2 is 1.57 bits per heavy atom. The fraction of sp³-hybridized carbons (Fsp3) is 0.375. The van der Waals surface area contributed by atoms with Gasteiger partial charge in [-0.3, -0.25) is 10.1 Å². The van der Waals surface area contributed by atoms with Gasteiger partial charge in [-0.2, -0.15) is 0 Å². The normalized spacial score (nSPS) is 22.6. The van der Waals surface area contributed by atoms with Gasteiger partial charge in [-0.15, -0.1) is 0 Å². The van der Waals surface area contributed by atoms with Crippen molar-refractivity contribution in [1.82, 2.24) is 5.32 Å². The first-order chi connectivity index (χ1) is 16.9. The van der Waals surface area contributed by atoms with Crippen molar-refractivity contribution in [2.24, 2.45) is 0 Å². The number of amides is 1. The van der Waals surface area contributed by atoms with Crippen LogP contribution < -0.4 is 25.4 Å². The molecule has 35 heavy (non-hydrogen) atoms. The van der Waals surface area contributed by atoms with Gasteiger partial charge in [-0.1, -0.05) is 0 Å². The molecule has 1 amide bonds. The summed E-state index contributed by atoms with van der Waals surface area (Å²) in [4.78, 5) is 23.7. The topological polar surface area (TPSA) is 116 Å². The predicted octanol–water partition coefficient (Wildman–Crippen LogP) is 2.98. The molecule has 2 aliphatic heterocycles. The summed E-state index contributed by atoms with van der Waals surface area (Å²) in [6.07, 6.45) is -1.94. The molecular weight excluding hydrogens is 474 g/mol. The van der Waals surface area contributed by atoms with Crippen molar-refractivity contribution in [3.05, 3.63) is 48.0 Å². The smallest absolute Gasteiger partial charge is 0.412 e. The molecule has 2 saturated heterocycles. The minimum atomic E-state index is -0.626. The number of Topliss-reactive ketones (excluding diaryl/α,β-unsaturated/α-hetero) is 1. The molecule has 0 aliphatic carbocycles. The number of carbonyl (C=O) groups excluding carboxylic acids is 2. The van der Waals surface area contributed by atoms with Crippen LogP contribution in [0.25, 0.3) is 0 Å². The Bertz CT molecular complexity index is 1070. The predicted molar refractivity (Wildman–Crippen MR) is 133 cm³/mol. The number of nitrogens with one attached hydrogen (secondary N) is 3. The van der Waals surface area contributed by atoms with E-state index >= 15 is 0 Å². The number of fused-ring (bicyclic) bond motifs is 1. The third kappa shape index (κ3) is 5.99. The van der Waals surface area contributed by atoms with E-state index in [-0.39, 0.29) is 24.5 Å². The lowest BCUT2D eigenvalue weighted by Crippen LogP contribution is -2.46. The van der Waals surface area contributed by atoms with Gasteiger partial charge >= 0.3 is 6.09 Å². The number of thiocarbonyl (C=S) groups is 1. The zero-order valence-corrected chi connectivity index (χ0v) is 20.3. The van der Waals surface area contributed by atoms with Crippen molar-refractivity contribution in [2.45, 2.75) is 31.3 Å². The molecule has 2 heterocycles. The summed E-state index contributed by atoms with van der Waals surface area (Å²) in [7, 11) is 3.15. The first-order valence-corrected chi connectivity index (χ1v) is 11.4. The lowest BCUT2D eigenvalue weighted by atomic mass is 10.1. The Hall–Kier alpha value is -3.41. The average molecular weight is 502 g/mol. The van der Waals surface area contributed by atoms with Gasteiger partial charge in [0, 0.05) is 35.1 Å². The molecule has 0 saturated carbocycles. The van der Waals surface area contributed by atoms with E-state index < -0.39 is 18.3 Å². The first-order valence-electron chi connectivity index (χ1n) is 11.0. The third-order valence-electron chi connectivity index (χ3n) is 5.73. The quantitative estimate of drug-likeness (QED) is 0.386. The molecule has 186 valence electrons. The maximum absolute atomic E-state index is 12.4. The lowest BCUT2D eigenvalue weighted by Gasteiger charge is -2.20. The summed E-state index contributed by atoms with van der Waals surface area (Å²) < 4.78 is 27.8. The summed E-state index contributed by atoms with van der Waals surface area (Å²) in [6, 6.07) is 11.7. The number of ketones is 1. The molecule has 0 aromatic heterocycles. The van der Waals surface area contributed by atoms with E-state index in [1.807, 2.05) is 0 Å². The van der Waals surface area contributed by atoms with Gasteiger partial charge in [0.15, 0.2) is 17.0 Å². The van der Waals surface area contributed by atoms with Crippen LogP contribution in [0.1, 0.15) is 17.3 Å². The molecular formula is C24H27N3O7S. The Morgan fingerprint density at radius 3 is 2.20 bits per heavy atom. The second kappa shape index (κ2) is 10.9. The third-order valence-corrected chi connectivity index (χ3v) is 5.95. The minimum Gasteiger partial charge on any atom is -0.497 e. The van der Waals surface area contributed by atoms with Crippen LogP contribution in [0, 0.1) is 0 Å². The number of carbonyl (C=O) groups is 2.